The fourth-order valence-corrected chi connectivity index (χ4v) is 2.16. The fraction of sp³-hybridized carbons (Fsp3) is 0.467. The largest absolute Gasteiger partial charge is 0.356 e. The number of carbonyl (C=O) groups excluding carboxylic acids is 1. The highest BCUT2D eigenvalue weighted by Crippen LogP contribution is 2.07. The Morgan fingerprint density at radius 1 is 1.41 bits per heavy atom. The van der Waals surface area contributed by atoms with Crippen molar-refractivity contribution in [1.29, 1.82) is 0 Å². The fourth-order valence-electron chi connectivity index (χ4n) is 1.46. The second-order valence-electron chi connectivity index (χ2n) is 5.02. The standard InChI is InChI=1S/C15H24N4OS.HI/c1-12(2)10-17-15(18-11-14(20)19(3)4)16-8-7-13-6-5-9-21-13;/h5-6,9H,1,7-8,10-11H2,2-4H3,(H2,16,17,18);1H. The lowest BCUT2D eigenvalue weighted by molar-refractivity contribution is -0.127. The number of aliphatic imine (C=N–C) groups is 1. The molecule has 1 aromatic heterocycles. The van der Waals surface area contributed by atoms with Gasteiger partial charge in [-0.1, -0.05) is 18.2 Å². The van der Waals surface area contributed by atoms with Crippen molar-refractivity contribution < 1.29 is 4.79 Å². The maximum atomic E-state index is 11.6. The molecule has 0 fully saturated rings. The molecule has 1 amide bonds. The molecule has 0 aliphatic rings. The van der Waals surface area contributed by atoms with Crippen LogP contribution in [0.1, 0.15) is 11.8 Å². The first-order chi connectivity index (χ1) is 9.99. The first-order valence-corrected chi connectivity index (χ1v) is 7.76. The molecular weight excluding hydrogens is 411 g/mol. The van der Waals surface area contributed by atoms with Gasteiger partial charge in [0.1, 0.15) is 6.54 Å². The topological polar surface area (TPSA) is 56.7 Å². The number of rotatable bonds is 7. The SMILES string of the molecule is C=C(C)CNC(=NCC(=O)N(C)C)NCCc1cccs1.I. The highest BCUT2D eigenvalue weighted by molar-refractivity contribution is 14.0. The second kappa shape index (κ2) is 11.5. The Labute approximate surface area is 153 Å². The molecule has 1 heterocycles. The van der Waals surface area contributed by atoms with Crippen molar-refractivity contribution in [3.8, 4) is 0 Å². The van der Waals surface area contributed by atoms with E-state index in [2.05, 4.69) is 33.7 Å². The second-order valence-corrected chi connectivity index (χ2v) is 6.05. The highest BCUT2D eigenvalue weighted by atomic mass is 127. The molecule has 0 unspecified atom stereocenters. The van der Waals surface area contributed by atoms with Crippen LogP contribution in [0.3, 0.4) is 0 Å². The lowest BCUT2D eigenvalue weighted by Crippen LogP contribution is -2.40. The Kier molecular flexibility index (Phi) is 10.9. The number of halogens is 1. The van der Waals surface area contributed by atoms with E-state index in [1.54, 1.807) is 25.4 Å². The minimum Gasteiger partial charge on any atom is -0.356 e. The molecule has 0 aliphatic carbocycles. The van der Waals surface area contributed by atoms with Gasteiger partial charge in [0.05, 0.1) is 0 Å². The van der Waals surface area contributed by atoms with Gasteiger partial charge in [-0.2, -0.15) is 0 Å². The van der Waals surface area contributed by atoms with E-state index in [4.69, 9.17) is 0 Å². The quantitative estimate of drug-likeness (QED) is 0.298. The maximum Gasteiger partial charge on any atom is 0.243 e. The van der Waals surface area contributed by atoms with E-state index in [1.807, 2.05) is 13.0 Å². The van der Waals surface area contributed by atoms with Gasteiger partial charge in [-0.05, 0) is 24.8 Å². The van der Waals surface area contributed by atoms with E-state index in [9.17, 15) is 4.79 Å². The summed E-state index contributed by atoms with van der Waals surface area (Å²) in [6, 6.07) is 4.16. The average molecular weight is 436 g/mol. The minimum atomic E-state index is -0.0234. The first kappa shape index (κ1) is 20.9. The van der Waals surface area contributed by atoms with Crippen molar-refractivity contribution in [2.24, 2.45) is 4.99 Å². The van der Waals surface area contributed by atoms with Crippen LogP contribution in [-0.4, -0.2) is 50.5 Å². The van der Waals surface area contributed by atoms with Crippen LogP contribution in [-0.2, 0) is 11.2 Å². The van der Waals surface area contributed by atoms with Gasteiger partial charge in [0, 0.05) is 32.1 Å². The molecule has 1 rings (SSSR count). The molecular formula is C15H25IN4OS. The number of nitrogens with one attached hydrogen (secondary N) is 2. The number of hydrogen-bond acceptors (Lipinski definition) is 3. The average Bonchev–Trinajstić information content (AvgIpc) is 2.93. The zero-order valence-corrected chi connectivity index (χ0v) is 16.5. The minimum absolute atomic E-state index is 0. The molecule has 0 aromatic carbocycles. The molecule has 2 N–H and O–H groups in total. The van der Waals surface area contributed by atoms with Crippen LogP contribution in [0.4, 0.5) is 0 Å². The zero-order valence-electron chi connectivity index (χ0n) is 13.4. The molecule has 0 saturated heterocycles. The molecule has 0 radical (unpaired) electrons. The van der Waals surface area contributed by atoms with Gasteiger partial charge in [0.2, 0.25) is 5.91 Å². The zero-order chi connectivity index (χ0) is 15.7. The van der Waals surface area contributed by atoms with Crippen LogP contribution in [0.5, 0.6) is 0 Å². The summed E-state index contributed by atoms with van der Waals surface area (Å²) in [6.07, 6.45) is 0.938. The van der Waals surface area contributed by atoms with Crippen molar-refractivity contribution in [1.82, 2.24) is 15.5 Å². The Morgan fingerprint density at radius 3 is 2.68 bits per heavy atom. The van der Waals surface area contributed by atoms with Gasteiger partial charge in [-0.25, -0.2) is 4.99 Å². The molecule has 1 aromatic rings. The number of amides is 1. The van der Waals surface area contributed by atoms with Crippen molar-refractivity contribution in [2.45, 2.75) is 13.3 Å². The third-order valence-electron chi connectivity index (χ3n) is 2.67. The summed E-state index contributed by atoms with van der Waals surface area (Å²) >= 11 is 1.74. The molecule has 0 aliphatic heterocycles. The summed E-state index contributed by atoms with van der Waals surface area (Å²) in [5.74, 6) is 0.620. The van der Waals surface area contributed by atoms with Gasteiger partial charge in [0.15, 0.2) is 5.96 Å². The van der Waals surface area contributed by atoms with Crippen LogP contribution < -0.4 is 10.6 Å². The lowest BCUT2D eigenvalue weighted by Gasteiger charge is -2.13. The van der Waals surface area contributed by atoms with Gasteiger partial charge < -0.3 is 15.5 Å². The van der Waals surface area contributed by atoms with Crippen molar-refractivity contribution in [2.75, 3.05) is 33.7 Å². The summed E-state index contributed by atoms with van der Waals surface area (Å²) in [5.41, 5.74) is 1.02. The predicted molar refractivity (Wildman–Crippen MR) is 105 cm³/mol. The lowest BCUT2D eigenvalue weighted by atomic mass is 10.3. The maximum absolute atomic E-state index is 11.6. The van der Waals surface area contributed by atoms with Crippen LogP contribution in [0.15, 0.2) is 34.7 Å². The van der Waals surface area contributed by atoms with E-state index < -0.39 is 0 Å². The normalized spacial score (nSPS) is 10.6. The van der Waals surface area contributed by atoms with Crippen LogP contribution in [0.2, 0.25) is 0 Å². The van der Waals surface area contributed by atoms with E-state index in [-0.39, 0.29) is 36.4 Å². The van der Waals surface area contributed by atoms with Crippen molar-refractivity contribution in [3.63, 3.8) is 0 Å². The van der Waals surface area contributed by atoms with Crippen molar-refractivity contribution >= 4 is 47.2 Å². The Hall–Kier alpha value is -1.09. The first-order valence-electron chi connectivity index (χ1n) is 6.88. The summed E-state index contributed by atoms with van der Waals surface area (Å²) in [5, 5.41) is 8.48. The predicted octanol–water partition coefficient (Wildman–Crippen LogP) is 2.11. The van der Waals surface area contributed by atoms with Gasteiger partial charge in [-0.3, -0.25) is 4.79 Å². The summed E-state index contributed by atoms with van der Waals surface area (Å²) in [7, 11) is 3.45. The number of thiophene rings is 1. The Bertz CT molecular complexity index is 486. The van der Waals surface area contributed by atoms with Gasteiger partial charge in [0.25, 0.3) is 0 Å². The Morgan fingerprint density at radius 2 is 2.14 bits per heavy atom. The Balaban J connectivity index is 0.00000441. The molecule has 0 saturated carbocycles. The number of guanidine groups is 1. The van der Waals surface area contributed by atoms with Crippen LogP contribution >= 0.6 is 35.3 Å². The molecule has 124 valence electrons. The molecule has 5 nitrogen and oxygen atoms in total. The number of likely N-dealkylation sites (N-methyl/N-ethyl adjacent to an activating group) is 1. The molecule has 0 atom stereocenters. The monoisotopic (exact) mass is 436 g/mol. The number of hydrogen-bond donors (Lipinski definition) is 2. The highest BCUT2D eigenvalue weighted by Gasteiger charge is 2.04. The smallest absolute Gasteiger partial charge is 0.243 e. The summed E-state index contributed by atoms with van der Waals surface area (Å²) in [6.45, 7) is 7.35. The van der Waals surface area contributed by atoms with E-state index >= 15 is 0 Å². The third kappa shape index (κ3) is 9.04. The summed E-state index contributed by atoms with van der Waals surface area (Å²) in [4.78, 5) is 18.8. The van der Waals surface area contributed by atoms with Crippen LogP contribution in [0, 0.1) is 0 Å². The molecule has 0 bridgehead atoms. The molecule has 0 spiro atoms. The van der Waals surface area contributed by atoms with Crippen LogP contribution in [0.25, 0.3) is 0 Å². The van der Waals surface area contributed by atoms with Gasteiger partial charge in [-0.15, -0.1) is 35.3 Å². The van der Waals surface area contributed by atoms with E-state index in [0.717, 1.165) is 18.5 Å². The van der Waals surface area contributed by atoms with E-state index in [1.165, 1.54) is 9.78 Å². The number of nitrogens with zero attached hydrogens (tertiary/aromatic N) is 2. The third-order valence-corrected chi connectivity index (χ3v) is 3.61. The van der Waals surface area contributed by atoms with Gasteiger partial charge >= 0.3 is 0 Å². The number of carbonyl (C=O) groups is 1. The molecule has 22 heavy (non-hydrogen) atoms. The molecule has 7 heteroatoms. The summed E-state index contributed by atoms with van der Waals surface area (Å²) < 4.78 is 0. The van der Waals surface area contributed by atoms with E-state index in [0.29, 0.717) is 12.5 Å². The van der Waals surface area contributed by atoms with Crippen molar-refractivity contribution in [3.05, 3.63) is 34.5 Å².